The second kappa shape index (κ2) is 9.32. The number of rotatable bonds is 4. The largest absolute Gasteiger partial charge is 0.339 e. The monoisotopic (exact) mass is 472 g/mol. The average molecular weight is 473 g/mol. The summed E-state index contributed by atoms with van der Waals surface area (Å²) in [6.45, 7) is 6.22. The minimum absolute atomic E-state index is 0.0165. The number of hydrogen-bond acceptors (Lipinski definition) is 5. The summed E-state index contributed by atoms with van der Waals surface area (Å²) in [4.78, 5) is 48.1. The molecule has 1 unspecified atom stereocenters. The van der Waals surface area contributed by atoms with E-state index in [-0.39, 0.29) is 30.1 Å². The van der Waals surface area contributed by atoms with Crippen molar-refractivity contribution in [2.24, 2.45) is 5.92 Å². The van der Waals surface area contributed by atoms with Crippen LogP contribution in [0, 0.1) is 19.8 Å². The first-order chi connectivity index (χ1) is 16.9. The van der Waals surface area contributed by atoms with Crippen molar-refractivity contribution >= 4 is 23.4 Å². The number of benzene rings is 1. The number of H-pyrrole nitrogens is 1. The Morgan fingerprint density at radius 3 is 2.49 bits per heavy atom. The highest BCUT2D eigenvalue weighted by atomic mass is 16.2. The molecule has 0 spiro atoms. The maximum absolute atomic E-state index is 13.2. The Kier molecular flexibility index (Phi) is 6.07. The maximum atomic E-state index is 13.2. The molecule has 180 valence electrons. The maximum Gasteiger partial charge on any atom is 0.272 e. The van der Waals surface area contributed by atoms with E-state index in [0.29, 0.717) is 44.1 Å². The summed E-state index contributed by atoms with van der Waals surface area (Å²) in [5.41, 5.74) is 5.04. The zero-order chi connectivity index (χ0) is 24.5. The summed E-state index contributed by atoms with van der Waals surface area (Å²) < 4.78 is 0. The quantitative estimate of drug-likeness (QED) is 0.628. The average Bonchev–Trinajstić information content (AvgIpc) is 3.53. The molecule has 5 rings (SSSR count). The van der Waals surface area contributed by atoms with Crippen LogP contribution in [0.2, 0.25) is 0 Å². The molecule has 3 aromatic rings. The zero-order valence-electron chi connectivity index (χ0n) is 19.9. The number of hydrogen-bond donors (Lipinski definition) is 1. The highest BCUT2D eigenvalue weighted by Gasteiger charge is 2.38. The van der Waals surface area contributed by atoms with Gasteiger partial charge in [0, 0.05) is 62.8 Å². The van der Waals surface area contributed by atoms with Gasteiger partial charge in [0.25, 0.3) is 5.91 Å². The van der Waals surface area contributed by atoms with Crippen molar-refractivity contribution in [2.45, 2.75) is 20.3 Å². The van der Waals surface area contributed by atoms with Gasteiger partial charge in [0.15, 0.2) is 0 Å². The van der Waals surface area contributed by atoms with E-state index in [1.54, 1.807) is 33.2 Å². The van der Waals surface area contributed by atoms with Crippen LogP contribution >= 0.6 is 0 Å². The number of amides is 3. The summed E-state index contributed by atoms with van der Waals surface area (Å²) in [7, 11) is 0. The van der Waals surface area contributed by atoms with Gasteiger partial charge in [-0.25, -0.2) is 0 Å². The third-order valence-electron chi connectivity index (χ3n) is 6.92. The fraction of sp³-hybridized carbons (Fsp3) is 0.346. The van der Waals surface area contributed by atoms with E-state index < -0.39 is 0 Å². The number of carbonyl (C=O) groups is 3. The minimum atomic E-state index is -0.360. The van der Waals surface area contributed by atoms with Gasteiger partial charge in [0.05, 0.1) is 11.6 Å². The molecule has 2 aliphatic rings. The van der Waals surface area contributed by atoms with Crippen LogP contribution in [0.3, 0.4) is 0 Å². The molecule has 9 nitrogen and oxygen atoms in total. The predicted molar refractivity (Wildman–Crippen MR) is 131 cm³/mol. The van der Waals surface area contributed by atoms with Crippen LogP contribution in [-0.2, 0) is 9.59 Å². The van der Waals surface area contributed by atoms with Gasteiger partial charge in [-0.15, -0.1) is 0 Å². The van der Waals surface area contributed by atoms with E-state index in [4.69, 9.17) is 0 Å². The van der Waals surface area contributed by atoms with Gasteiger partial charge in [-0.05, 0) is 55.3 Å². The third kappa shape index (κ3) is 4.53. The van der Waals surface area contributed by atoms with Crippen LogP contribution in [0.1, 0.15) is 28.0 Å². The standard InChI is InChI=1S/C26H28N6O3/c1-17-5-6-21(12-18(17)2)32-16-20(13-24(32)33)25(34)30-8-10-31(11-9-30)26(35)23-14-22(28-29-23)19-4-3-7-27-15-19/h3-7,12,14-15,20H,8-11,13,16H2,1-2H3,(H,28,29). The van der Waals surface area contributed by atoms with E-state index in [1.807, 2.05) is 44.2 Å². The lowest BCUT2D eigenvalue weighted by molar-refractivity contribution is -0.137. The molecular weight excluding hydrogens is 444 g/mol. The van der Waals surface area contributed by atoms with Gasteiger partial charge >= 0.3 is 0 Å². The molecular formula is C26H28N6O3. The predicted octanol–water partition coefficient (Wildman–Crippen LogP) is 2.43. The Balaban J connectivity index is 1.18. The summed E-state index contributed by atoms with van der Waals surface area (Å²) in [6.07, 6.45) is 3.60. The van der Waals surface area contributed by atoms with Crippen molar-refractivity contribution < 1.29 is 14.4 Å². The Labute approximate surface area is 203 Å². The van der Waals surface area contributed by atoms with Gasteiger partial charge in [-0.2, -0.15) is 5.10 Å². The summed E-state index contributed by atoms with van der Waals surface area (Å²) >= 11 is 0. The Hall–Kier alpha value is -4.01. The fourth-order valence-corrected chi connectivity index (χ4v) is 4.67. The van der Waals surface area contributed by atoms with E-state index in [0.717, 1.165) is 16.8 Å². The zero-order valence-corrected chi connectivity index (χ0v) is 19.9. The Morgan fingerprint density at radius 2 is 1.77 bits per heavy atom. The number of aryl methyl sites for hydroxylation is 2. The molecule has 0 saturated carbocycles. The molecule has 2 fully saturated rings. The fourth-order valence-electron chi connectivity index (χ4n) is 4.67. The molecule has 2 aliphatic heterocycles. The van der Waals surface area contributed by atoms with E-state index in [2.05, 4.69) is 15.2 Å². The van der Waals surface area contributed by atoms with Crippen molar-refractivity contribution in [3.05, 3.63) is 65.6 Å². The van der Waals surface area contributed by atoms with Gasteiger partial charge in [0.1, 0.15) is 5.69 Å². The highest BCUT2D eigenvalue weighted by Crippen LogP contribution is 2.28. The Morgan fingerprint density at radius 1 is 1.00 bits per heavy atom. The van der Waals surface area contributed by atoms with Crippen molar-refractivity contribution in [1.82, 2.24) is 25.0 Å². The van der Waals surface area contributed by atoms with Crippen molar-refractivity contribution in [2.75, 3.05) is 37.6 Å². The van der Waals surface area contributed by atoms with Crippen LogP contribution in [-0.4, -0.2) is 75.4 Å². The lowest BCUT2D eigenvalue weighted by Crippen LogP contribution is -2.52. The summed E-state index contributed by atoms with van der Waals surface area (Å²) in [5, 5.41) is 7.05. The number of carbonyl (C=O) groups excluding carboxylic acids is 3. The highest BCUT2D eigenvalue weighted by molar-refractivity contribution is 6.00. The molecule has 0 radical (unpaired) electrons. The second-order valence-electron chi connectivity index (χ2n) is 9.20. The second-order valence-corrected chi connectivity index (χ2v) is 9.20. The van der Waals surface area contributed by atoms with Gasteiger partial charge < -0.3 is 14.7 Å². The number of anilines is 1. The van der Waals surface area contributed by atoms with Crippen LogP contribution in [0.5, 0.6) is 0 Å². The molecule has 2 saturated heterocycles. The lowest BCUT2D eigenvalue weighted by atomic mass is 10.1. The van der Waals surface area contributed by atoms with E-state index in [9.17, 15) is 14.4 Å². The Bertz CT molecular complexity index is 1260. The van der Waals surface area contributed by atoms with E-state index in [1.165, 1.54) is 5.56 Å². The molecule has 0 aliphatic carbocycles. The van der Waals surface area contributed by atoms with Crippen molar-refractivity contribution in [1.29, 1.82) is 0 Å². The van der Waals surface area contributed by atoms with Crippen LogP contribution in [0.4, 0.5) is 5.69 Å². The number of aromatic nitrogens is 3. The van der Waals surface area contributed by atoms with Gasteiger partial charge in [0.2, 0.25) is 11.8 Å². The van der Waals surface area contributed by atoms with Gasteiger partial charge in [-0.3, -0.25) is 24.5 Å². The first-order valence-electron chi connectivity index (χ1n) is 11.8. The number of aromatic amines is 1. The van der Waals surface area contributed by atoms with E-state index >= 15 is 0 Å². The number of pyridine rings is 1. The normalized spacial score (nSPS) is 18.3. The summed E-state index contributed by atoms with van der Waals surface area (Å²) in [6, 6.07) is 11.4. The van der Waals surface area contributed by atoms with Crippen molar-refractivity contribution in [3.8, 4) is 11.3 Å². The summed E-state index contributed by atoms with van der Waals surface area (Å²) in [5.74, 6) is -0.543. The van der Waals surface area contributed by atoms with Crippen molar-refractivity contribution in [3.63, 3.8) is 0 Å². The van der Waals surface area contributed by atoms with Crippen LogP contribution < -0.4 is 4.90 Å². The SMILES string of the molecule is Cc1ccc(N2CC(C(=O)N3CCN(C(=O)c4cc(-c5cccnc5)n[nH]4)CC3)CC2=O)cc1C. The molecule has 1 N–H and O–H groups in total. The molecule has 1 atom stereocenters. The molecule has 2 aromatic heterocycles. The first kappa shape index (κ1) is 22.8. The molecule has 4 heterocycles. The smallest absolute Gasteiger partial charge is 0.272 e. The van der Waals surface area contributed by atoms with Crippen LogP contribution in [0.25, 0.3) is 11.3 Å². The molecule has 35 heavy (non-hydrogen) atoms. The molecule has 0 bridgehead atoms. The van der Waals surface area contributed by atoms with Gasteiger partial charge in [-0.1, -0.05) is 6.07 Å². The third-order valence-corrected chi connectivity index (χ3v) is 6.92. The number of piperazine rings is 1. The molecule has 9 heteroatoms. The molecule has 3 amide bonds. The topological polar surface area (TPSA) is 102 Å². The molecule has 1 aromatic carbocycles. The minimum Gasteiger partial charge on any atom is -0.339 e. The number of nitrogens with one attached hydrogen (secondary N) is 1. The number of nitrogens with zero attached hydrogens (tertiary/aromatic N) is 5. The lowest BCUT2D eigenvalue weighted by Gasteiger charge is -2.35. The first-order valence-corrected chi connectivity index (χ1v) is 11.8. The van der Waals surface area contributed by atoms with Crippen LogP contribution in [0.15, 0.2) is 48.8 Å².